The van der Waals surface area contributed by atoms with Crippen LogP contribution in [0.15, 0.2) is 29.2 Å². The molecule has 1 amide bonds. The Morgan fingerprint density at radius 2 is 1.79 bits per heavy atom. The highest BCUT2D eigenvalue weighted by Gasteiger charge is 2.29. The Labute approximate surface area is 142 Å². The number of benzene rings is 1. The van der Waals surface area contributed by atoms with E-state index >= 15 is 0 Å². The highest BCUT2D eigenvalue weighted by atomic mass is 32.2. The molecule has 0 radical (unpaired) electrons. The zero-order valence-electron chi connectivity index (χ0n) is 13.1. The second-order valence-electron chi connectivity index (χ2n) is 5.61. The van der Waals surface area contributed by atoms with Gasteiger partial charge >= 0.3 is 11.5 Å². The molecule has 0 aromatic heterocycles. The molecule has 1 atom stereocenters. The van der Waals surface area contributed by atoms with Gasteiger partial charge in [0.25, 0.3) is 5.91 Å². The number of ether oxygens (including phenoxy) is 1. The highest BCUT2D eigenvalue weighted by molar-refractivity contribution is 8.00. The molecule has 0 saturated heterocycles. The van der Waals surface area contributed by atoms with Crippen LogP contribution in [0.5, 0.6) is 0 Å². The number of alkyl halides is 3. The smallest absolute Gasteiger partial charge is 0.446 e. The fraction of sp³-hybridized carbons (Fsp3) is 0.500. The van der Waals surface area contributed by atoms with Crippen molar-refractivity contribution in [3.8, 4) is 0 Å². The molecular weight excluding hydrogens is 343 g/mol. The van der Waals surface area contributed by atoms with Gasteiger partial charge in [-0.05, 0) is 55.8 Å². The van der Waals surface area contributed by atoms with Crippen molar-refractivity contribution in [3.05, 3.63) is 29.8 Å². The van der Waals surface area contributed by atoms with Crippen LogP contribution in [0.3, 0.4) is 0 Å². The molecule has 0 spiro atoms. The van der Waals surface area contributed by atoms with Gasteiger partial charge in [-0.1, -0.05) is 12.8 Å². The Kier molecular flexibility index (Phi) is 6.15. The molecule has 8 heteroatoms. The number of esters is 1. The molecule has 0 unspecified atom stereocenters. The average molecular weight is 361 g/mol. The lowest BCUT2D eigenvalue weighted by atomic mass is 10.2. The second kappa shape index (κ2) is 7.92. The molecule has 24 heavy (non-hydrogen) atoms. The van der Waals surface area contributed by atoms with Crippen LogP contribution < -0.4 is 5.32 Å². The van der Waals surface area contributed by atoms with Crippen LogP contribution in [0.4, 0.5) is 13.2 Å². The van der Waals surface area contributed by atoms with Gasteiger partial charge in [0.1, 0.15) is 0 Å². The Morgan fingerprint density at radius 3 is 2.33 bits per heavy atom. The number of hydrogen-bond donors (Lipinski definition) is 1. The Morgan fingerprint density at radius 1 is 1.21 bits per heavy atom. The minimum Gasteiger partial charge on any atom is -0.449 e. The van der Waals surface area contributed by atoms with Gasteiger partial charge in [0.2, 0.25) is 0 Å². The van der Waals surface area contributed by atoms with Crippen molar-refractivity contribution < 1.29 is 27.5 Å². The van der Waals surface area contributed by atoms with Crippen molar-refractivity contribution in [2.45, 2.75) is 55.2 Å². The van der Waals surface area contributed by atoms with Gasteiger partial charge in [-0.3, -0.25) is 4.79 Å². The van der Waals surface area contributed by atoms with Crippen molar-refractivity contribution in [2.24, 2.45) is 0 Å². The normalized spacial score (nSPS) is 16.7. The minimum absolute atomic E-state index is 0.0222. The Balaban J connectivity index is 1.87. The van der Waals surface area contributed by atoms with E-state index in [-0.39, 0.29) is 34.2 Å². The molecule has 4 nitrogen and oxygen atoms in total. The second-order valence-corrected chi connectivity index (χ2v) is 6.75. The minimum atomic E-state index is -4.38. The lowest BCUT2D eigenvalue weighted by Gasteiger charge is -2.17. The van der Waals surface area contributed by atoms with E-state index in [9.17, 15) is 22.8 Å². The molecule has 2 rings (SSSR count). The van der Waals surface area contributed by atoms with Crippen molar-refractivity contribution >= 4 is 23.6 Å². The van der Waals surface area contributed by atoms with Crippen LogP contribution >= 0.6 is 11.8 Å². The van der Waals surface area contributed by atoms with E-state index < -0.39 is 17.6 Å². The zero-order chi connectivity index (χ0) is 17.7. The van der Waals surface area contributed by atoms with Gasteiger partial charge < -0.3 is 10.1 Å². The molecular formula is C16H18F3NO3S. The number of carbonyl (C=O) groups excluding carboxylic acids is 2. The summed E-state index contributed by atoms with van der Waals surface area (Å²) in [5, 5.41) is 2.83. The summed E-state index contributed by atoms with van der Waals surface area (Å²) in [6.45, 7) is 1.47. The number of hydrogen-bond acceptors (Lipinski definition) is 4. The standard InChI is InChI=1S/C16H18F3NO3S/c1-10(14(21)20-12-4-2-3-5-12)23-15(22)11-6-8-13(9-7-11)24-16(17,18)19/h6-10,12H,2-5H2,1H3,(H,20,21)/t10-/m0/s1. The maximum absolute atomic E-state index is 12.3. The van der Waals surface area contributed by atoms with Crippen molar-refractivity contribution in [1.82, 2.24) is 5.32 Å². The maximum atomic E-state index is 12.3. The van der Waals surface area contributed by atoms with E-state index in [2.05, 4.69) is 5.32 Å². The highest BCUT2D eigenvalue weighted by Crippen LogP contribution is 2.36. The Bertz CT molecular complexity index is 583. The van der Waals surface area contributed by atoms with Gasteiger partial charge in [-0.15, -0.1) is 0 Å². The van der Waals surface area contributed by atoms with Gasteiger partial charge in [0.05, 0.1) is 5.56 Å². The first-order valence-corrected chi connectivity index (χ1v) is 8.43. The van der Waals surface area contributed by atoms with E-state index in [4.69, 9.17) is 4.74 Å². The fourth-order valence-electron chi connectivity index (χ4n) is 2.46. The molecule has 1 aliphatic rings. The lowest BCUT2D eigenvalue weighted by Crippen LogP contribution is -2.40. The van der Waals surface area contributed by atoms with E-state index in [1.807, 2.05) is 0 Å². The van der Waals surface area contributed by atoms with Crippen molar-refractivity contribution in [3.63, 3.8) is 0 Å². The van der Waals surface area contributed by atoms with Crippen LogP contribution in [0.1, 0.15) is 43.0 Å². The first kappa shape index (κ1) is 18.6. The number of carbonyl (C=O) groups is 2. The van der Waals surface area contributed by atoms with Gasteiger partial charge in [-0.25, -0.2) is 4.79 Å². The molecule has 1 aromatic carbocycles. The zero-order valence-corrected chi connectivity index (χ0v) is 13.9. The summed E-state index contributed by atoms with van der Waals surface area (Å²) < 4.78 is 41.8. The van der Waals surface area contributed by atoms with Crippen LogP contribution in [-0.4, -0.2) is 29.5 Å². The van der Waals surface area contributed by atoms with E-state index in [0.717, 1.165) is 25.7 Å². The number of thioether (sulfide) groups is 1. The van der Waals surface area contributed by atoms with E-state index in [1.165, 1.54) is 31.2 Å². The summed E-state index contributed by atoms with van der Waals surface area (Å²) in [6.07, 6.45) is 3.03. The predicted octanol–water partition coefficient (Wildman–Crippen LogP) is 3.90. The molecule has 0 aliphatic heterocycles. The molecule has 0 bridgehead atoms. The molecule has 1 aromatic rings. The third kappa shape index (κ3) is 5.74. The van der Waals surface area contributed by atoms with E-state index in [1.54, 1.807) is 0 Å². The summed E-state index contributed by atoms with van der Waals surface area (Å²) in [5.74, 6) is -1.10. The van der Waals surface area contributed by atoms with Crippen LogP contribution in [0.25, 0.3) is 0 Å². The third-order valence-corrected chi connectivity index (χ3v) is 4.42. The summed E-state index contributed by atoms with van der Waals surface area (Å²) in [4.78, 5) is 23.9. The number of amides is 1. The predicted molar refractivity (Wildman–Crippen MR) is 83.6 cm³/mol. The number of rotatable bonds is 5. The largest absolute Gasteiger partial charge is 0.449 e. The van der Waals surface area contributed by atoms with Gasteiger partial charge in [0.15, 0.2) is 6.10 Å². The van der Waals surface area contributed by atoms with E-state index in [0.29, 0.717) is 0 Å². The molecule has 132 valence electrons. The van der Waals surface area contributed by atoms with Gasteiger partial charge in [0, 0.05) is 10.9 Å². The molecule has 1 N–H and O–H groups in total. The van der Waals surface area contributed by atoms with Crippen molar-refractivity contribution in [1.29, 1.82) is 0 Å². The first-order chi connectivity index (χ1) is 11.2. The fourth-order valence-corrected chi connectivity index (χ4v) is 3.00. The summed E-state index contributed by atoms with van der Waals surface area (Å²) >= 11 is -0.259. The van der Waals surface area contributed by atoms with Crippen LogP contribution in [0.2, 0.25) is 0 Å². The monoisotopic (exact) mass is 361 g/mol. The molecule has 1 saturated carbocycles. The SMILES string of the molecule is C[C@H](OC(=O)c1ccc(SC(F)(F)F)cc1)C(=O)NC1CCCC1. The maximum Gasteiger partial charge on any atom is 0.446 e. The van der Waals surface area contributed by atoms with Gasteiger partial charge in [-0.2, -0.15) is 13.2 Å². The average Bonchev–Trinajstić information content (AvgIpc) is 2.99. The van der Waals surface area contributed by atoms with Crippen LogP contribution in [-0.2, 0) is 9.53 Å². The van der Waals surface area contributed by atoms with Crippen LogP contribution in [0, 0.1) is 0 Å². The summed E-state index contributed by atoms with van der Waals surface area (Å²) in [6, 6.07) is 5.00. The molecule has 1 aliphatic carbocycles. The first-order valence-electron chi connectivity index (χ1n) is 7.62. The Hall–Kier alpha value is -1.70. The van der Waals surface area contributed by atoms with Crippen molar-refractivity contribution in [2.75, 3.05) is 0 Å². The topological polar surface area (TPSA) is 55.4 Å². The summed E-state index contributed by atoms with van der Waals surface area (Å²) in [5.41, 5.74) is -4.28. The lowest BCUT2D eigenvalue weighted by molar-refractivity contribution is -0.129. The molecule has 0 heterocycles. The number of nitrogens with one attached hydrogen (secondary N) is 1. The number of halogens is 3. The quantitative estimate of drug-likeness (QED) is 0.638. The summed E-state index contributed by atoms with van der Waals surface area (Å²) in [7, 11) is 0. The molecule has 1 fully saturated rings. The third-order valence-electron chi connectivity index (χ3n) is 3.68.